The van der Waals surface area contributed by atoms with Gasteiger partial charge in [-0.05, 0) is 50.8 Å². The lowest BCUT2D eigenvalue weighted by atomic mass is 10.00. The Morgan fingerprint density at radius 3 is 2.54 bits per heavy atom. The van der Waals surface area contributed by atoms with Crippen LogP contribution < -0.4 is 10.6 Å². The lowest BCUT2D eigenvalue weighted by Gasteiger charge is -2.35. The number of carbonyl (C=O) groups is 2. The van der Waals surface area contributed by atoms with Gasteiger partial charge in [0.05, 0.1) is 6.04 Å². The summed E-state index contributed by atoms with van der Waals surface area (Å²) in [5.74, 6) is 0.227. The van der Waals surface area contributed by atoms with E-state index in [1.807, 2.05) is 36.1 Å². The molecule has 1 unspecified atom stereocenters. The molecule has 0 radical (unpaired) electrons. The molecule has 2 heterocycles. The number of likely N-dealkylation sites (tertiary alicyclic amines) is 1. The van der Waals surface area contributed by atoms with E-state index in [9.17, 15) is 9.59 Å². The topological polar surface area (TPSA) is 61.4 Å². The summed E-state index contributed by atoms with van der Waals surface area (Å²) in [6, 6.07) is 7.79. The van der Waals surface area contributed by atoms with Gasteiger partial charge in [-0.1, -0.05) is 24.6 Å². The van der Waals surface area contributed by atoms with Gasteiger partial charge in [-0.2, -0.15) is 0 Å². The van der Waals surface area contributed by atoms with Gasteiger partial charge in [-0.3, -0.25) is 9.59 Å². The van der Waals surface area contributed by atoms with Gasteiger partial charge in [0.2, 0.25) is 5.91 Å². The fraction of sp³-hybridized carbons (Fsp3) is 0.579. The Hall–Kier alpha value is -1.88. The molecule has 5 nitrogen and oxygen atoms in total. The maximum absolute atomic E-state index is 12.5. The molecule has 3 rings (SSSR count). The van der Waals surface area contributed by atoms with Crippen molar-refractivity contribution >= 4 is 11.8 Å². The summed E-state index contributed by atoms with van der Waals surface area (Å²) in [4.78, 5) is 26.9. The zero-order valence-corrected chi connectivity index (χ0v) is 14.4. The smallest absolute Gasteiger partial charge is 0.251 e. The second kappa shape index (κ2) is 7.79. The van der Waals surface area contributed by atoms with E-state index < -0.39 is 0 Å². The van der Waals surface area contributed by atoms with Crippen LogP contribution in [0.1, 0.15) is 48.0 Å². The Bertz CT molecular complexity index is 588. The first kappa shape index (κ1) is 17.0. The largest absolute Gasteiger partial charge is 0.349 e. The van der Waals surface area contributed by atoms with E-state index in [2.05, 4.69) is 10.6 Å². The van der Waals surface area contributed by atoms with Crippen LogP contribution in [0.15, 0.2) is 24.3 Å². The number of nitrogens with one attached hydrogen (secondary N) is 2. The molecular weight excluding hydrogens is 302 g/mol. The van der Waals surface area contributed by atoms with Crippen LogP contribution in [0.3, 0.4) is 0 Å². The summed E-state index contributed by atoms with van der Waals surface area (Å²) in [5.41, 5.74) is 1.73. The SMILES string of the molecule is Cc1ccccc1C(=O)NC1CCN(C(=O)C2CCCCN2)CC1. The van der Waals surface area contributed by atoms with Gasteiger partial charge in [-0.25, -0.2) is 0 Å². The molecule has 2 aliphatic rings. The minimum atomic E-state index is -0.00757. The molecule has 0 aliphatic carbocycles. The molecule has 0 saturated carbocycles. The van der Waals surface area contributed by atoms with Crippen molar-refractivity contribution in [1.29, 1.82) is 0 Å². The van der Waals surface area contributed by atoms with Crippen molar-refractivity contribution in [2.75, 3.05) is 19.6 Å². The van der Waals surface area contributed by atoms with Crippen molar-refractivity contribution in [2.45, 2.75) is 51.1 Å². The number of hydrogen-bond donors (Lipinski definition) is 2. The average molecular weight is 329 g/mol. The highest BCUT2D eigenvalue weighted by Crippen LogP contribution is 2.16. The zero-order valence-electron chi connectivity index (χ0n) is 14.4. The molecule has 130 valence electrons. The first-order chi connectivity index (χ1) is 11.6. The van der Waals surface area contributed by atoms with Crippen molar-refractivity contribution in [3.05, 3.63) is 35.4 Å². The molecule has 1 aromatic carbocycles. The number of hydrogen-bond acceptors (Lipinski definition) is 3. The summed E-state index contributed by atoms with van der Waals surface area (Å²) in [6.07, 6.45) is 4.90. The number of piperidine rings is 2. The maximum Gasteiger partial charge on any atom is 0.251 e. The maximum atomic E-state index is 12.5. The second-order valence-electron chi connectivity index (χ2n) is 6.89. The second-order valence-corrected chi connectivity index (χ2v) is 6.89. The molecule has 1 aromatic rings. The fourth-order valence-corrected chi connectivity index (χ4v) is 3.62. The summed E-state index contributed by atoms with van der Waals surface area (Å²) < 4.78 is 0. The monoisotopic (exact) mass is 329 g/mol. The molecule has 2 saturated heterocycles. The van der Waals surface area contributed by atoms with Crippen molar-refractivity contribution in [3.8, 4) is 0 Å². The van der Waals surface area contributed by atoms with Crippen LogP contribution >= 0.6 is 0 Å². The third kappa shape index (κ3) is 3.96. The lowest BCUT2D eigenvalue weighted by Crippen LogP contribution is -2.53. The standard InChI is InChI=1S/C19H27N3O2/c1-14-6-2-3-7-16(14)18(23)21-15-9-12-22(13-10-15)19(24)17-8-4-5-11-20-17/h2-3,6-7,15,17,20H,4-5,8-13H2,1H3,(H,21,23). The Labute approximate surface area is 143 Å². The van der Waals surface area contributed by atoms with E-state index in [1.165, 1.54) is 0 Å². The molecule has 24 heavy (non-hydrogen) atoms. The minimum absolute atomic E-state index is 0.00291. The third-order valence-electron chi connectivity index (χ3n) is 5.14. The van der Waals surface area contributed by atoms with Crippen molar-refractivity contribution in [3.63, 3.8) is 0 Å². The van der Waals surface area contributed by atoms with Gasteiger partial charge in [-0.15, -0.1) is 0 Å². The van der Waals surface area contributed by atoms with Crippen LogP contribution in [-0.2, 0) is 4.79 Å². The third-order valence-corrected chi connectivity index (χ3v) is 5.14. The van der Waals surface area contributed by atoms with Crippen LogP contribution in [-0.4, -0.2) is 48.4 Å². The van der Waals surface area contributed by atoms with Crippen molar-refractivity contribution < 1.29 is 9.59 Å². The van der Waals surface area contributed by atoms with Gasteiger partial charge in [0, 0.05) is 24.7 Å². The van der Waals surface area contributed by atoms with Crippen LogP contribution in [0.2, 0.25) is 0 Å². The number of rotatable bonds is 3. The summed E-state index contributed by atoms with van der Waals surface area (Å²) in [6.45, 7) is 4.36. The van der Waals surface area contributed by atoms with E-state index in [-0.39, 0.29) is 23.9 Å². The Balaban J connectivity index is 1.49. The number of aryl methyl sites for hydroxylation is 1. The molecule has 2 amide bonds. The molecule has 2 N–H and O–H groups in total. The van der Waals surface area contributed by atoms with E-state index >= 15 is 0 Å². The van der Waals surface area contributed by atoms with Gasteiger partial charge in [0.1, 0.15) is 0 Å². The van der Waals surface area contributed by atoms with Crippen LogP contribution in [0.5, 0.6) is 0 Å². The highest BCUT2D eigenvalue weighted by molar-refractivity contribution is 5.95. The number of nitrogens with zero attached hydrogens (tertiary/aromatic N) is 1. The normalized spacial score (nSPS) is 22.2. The number of carbonyl (C=O) groups excluding carboxylic acids is 2. The van der Waals surface area contributed by atoms with Crippen molar-refractivity contribution in [1.82, 2.24) is 15.5 Å². The Kier molecular flexibility index (Phi) is 5.51. The molecule has 2 fully saturated rings. The molecule has 2 aliphatic heterocycles. The van der Waals surface area contributed by atoms with Gasteiger partial charge in [0.25, 0.3) is 5.91 Å². The van der Waals surface area contributed by atoms with E-state index in [0.29, 0.717) is 0 Å². The van der Waals surface area contributed by atoms with Crippen LogP contribution in [0, 0.1) is 6.92 Å². The highest BCUT2D eigenvalue weighted by atomic mass is 16.2. The zero-order chi connectivity index (χ0) is 16.9. The van der Waals surface area contributed by atoms with Crippen LogP contribution in [0.25, 0.3) is 0 Å². The molecule has 0 spiro atoms. The molecule has 0 aromatic heterocycles. The van der Waals surface area contributed by atoms with Gasteiger partial charge >= 0.3 is 0 Å². The predicted octanol–water partition coefficient (Wildman–Crippen LogP) is 1.86. The van der Waals surface area contributed by atoms with E-state index in [1.54, 1.807) is 0 Å². The average Bonchev–Trinajstić information content (AvgIpc) is 2.63. The Morgan fingerprint density at radius 2 is 1.88 bits per heavy atom. The fourth-order valence-electron chi connectivity index (χ4n) is 3.62. The minimum Gasteiger partial charge on any atom is -0.349 e. The van der Waals surface area contributed by atoms with Gasteiger partial charge in [0.15, 0.2) is 0 Å². The first-order valence-corrected chi connectivity index (χ1v) is 9.04. The molecular formula is C19H27N3O2. The van der Waals surface area contributed by atoms with Gasteiger partial charge < -0.3 is 15.5 Å². The lowest BCUT2D eigenvalue weighted by molar-refractivity contribution is -0.135. The summed E-state index contributed by atoms with van der Waals surface area (Å²) in [7, 11) is 0. The molecule has 1 atom stereocenters. The van der Waals surface area contributed by atoms with E-state index in [4.69, 9.17) is 0 Å². The number of amides is 2. The van der Waals surface area contributed by atoms with Crippen molar-refractivity contribution in [2.24, 2.45) is 0 Å². The predicted molar refractivity (Wildman–Crippen MR) is 93.9 cm³/mol. The summed E-state index contributed by atoms with van der Waals surface area (Å²) in [5, 5.41) is 6.45. The molecule has 5 heteroatoms. The number of benzene rings is 1. The Morgan fingerprint density at radius 1 is 1.12 bits per heavy atom. The summed E-state index contributed by atoms with van der Waals surface area (Å²) >= 11 is 0. The quantitative estimate of drug-likeness (QED) is 0.890. The van der Waals surface area contributed by atoms with E-state index in [0.717, 1.165) is 62.9 Å². The van der Waals surface area contributed by atoms with Crippen LogP contribution in [0.4, 0.5) is 0 Å². The highest BCUT2D eigenvalue weighted by Gasteiger charge is 2.29. The first-order valence-electron chi connectivity index (χ1n) is 9.04. The molecule has 0 bridgehead atoms.